The first-order valence-corrected chi connectivity index (χ1v) is 12.7. The second-order valence-electron chi connectivity index (χ2n) is 9.97. The summed E-state index contributed by atoms with van der Waals surface area (Å²) in [5, 5.41) is 3.95. The summed E-state index contributed by atoms with van der Waals surface area (Å²) in [5.74, 6) is 2.56. The number of nitrogens with zero attached hydrogens (tertiary/aromatic N) is 3. The van der Waals surface area contributed by atoms with Crippen molar-refractivity contribution in [2.24, 2.45) is 5.92 Å². The Morgan fingerprint density at radius 3 is 2.73 bits per heavy atom. The number of imidazole rings is 1. The summed E-state index contributed by atoms with van der Waals surface area (Å²) in [6.07, 6.45) is 3.62. The lowest BCUT2D eigenvalue weighted by atomic mass is 9.89. The summed E-state index contributed by atoms with van der Waals surface area (Å²) < 4.78 is 13.4. The highest BCUT2D eigenvalue weighted by molar-refractivity contribution is 5.99. The number of rotatable bonds is 5. The summed E-state index contributed by atoms with van der Waals surface area (Å²) in [4.78, 5) is 19.4. The zero-order valence-corrected chi connectivity index (χ0v) is 20.5. The Kier molecular flexibility index (Phi) is 5.09. The molecule has 0 saturated heterocycles. The Morgan fingerprint density at radius 1 is 1.05 bits per heavy atom. The number of nitrogens with one attached hydrogen (secondary N) is 1. The van der Waals surface area contributed by atoms with E-state index < -0.39 is 5.76 Å². The first-order valence-electron chi connectivity index (χ1n) is 12.7. The standard InChI is InChI=1S/C30H26N4O3/c1-18(29-32-30(35)37-33-29)28-22-13-12-20(14-21(22)17-36-26-9-5-2-6-23(26)28)16-34-25-8-4-3-7-24(25)31-27(34)15-19-10-11-19/h2-9,12-14,19H,10-11,15-17H2,1H3,(H,32,33,35)/b28-18+. The number of ether oxygens (including phenoxy) is 1. The van der Waals surface area contributed by atoms with E-state index in [0.717, 1.165) is 63.8 Å². The summed E-state index contributed by atoms with van der Waals surface area (Å²) in [7, 11) is 0. The van der Waals surface area contributed by atoms with E-state index in [1.807, 2.05) is 31.2 Å². The topological polar surface area (TPSA) is 85.9 Å². The lowest BCUT2D eigenvalue weighted by Gasteiger charge is -2.15. The Bertz CT molecular complexity index is 1740. The van der Waals surface area contributed by atoms with Gasteiger partial charge in [0.05, 0.1) is 11.0 Å². The molecule has 37 heavy (non-hydrogen) atoms. The molecule has 0 radical (unpaired) electrons. The molecule has 5 aromatic rings. The van der Waals surface area contributed by atoms with Crippen molar-refractivity contribution in [1.82, 2.24) is 19.7 Å². The van der Waals surface area contributed by atoms with Crippen molar-refractivity contribution in [1.29, 1.82) is 0 Å². The fraction of sp³-hybridized carbons (Fsp3) is 0.233. The molecule has 1 aliphatic carbocycles. The predicted octanol–water partition coefficient (Wildman–Crippen LogP) is 5.58. The van der Waals surface area contributed by atoms with E-state index in [2.05, 4.69) is 57.2 Å². The molecule has 1 N–H and O–H groups in total. The number of benzene rings is 3. The Balaban J connectivity index is 1.34. The Hall–Kier alpha value is -4.39. The van der Waals surface area contributed by atoms with E-state index >= 15 is 0 Å². The molecule has 1 aliphatic heterocycles. The van der Waals surface area contributed by atoms with Crippen LogP contribution in [0.25, 0.3) is 22.2 Å². The molecule has 7 nitrogen and oxygen atoms in total. The average molecular weight is 491 g/mol. The third-order valence-electron chi connectivity index (χ3n) is 7.39. The zero-order chi connectivity index (χ0) is 24.9. The van der Waals surface area contributed by atoms with Crippen LogP contribution >= 0.6 is 0 Å². The second-order valence-corrected chi connectivity index (χ2v) is 9.97. The maximum Gasteiger partial charge on any atom is 0.439 e. The third kappa shape index (κ3) is 3.96. The average Bonchev–Trinajstić information content (AvgIpc) is 3.57. The van der Waals surface area contributed by atoms with E-state index in [4.69, 9.17) is 14.2 Å². The molecule has 3 heterocycles. The molecule has 7 rings (SSSR count). The van der Waals surface area contributed by atoms with Crippen LogP contribution in [0, 0.1) is 5.92 Å². The molecule has 0 unspecified atom stereocenters. The van der Waals surface area contributed by atoms with Gasteiger partial charge in [-0.25, -0.2) is 9.78 Å². The van der Waals surface area contributed by atoms with Gasteiger partial charge in [-0.3, -0.25) is 9.51 Å². The van der Waals surface area contributed by atoms with Crippen LogP contribution in [-0.2, 0) is 19.6 Å². The van der Waals surface area contributed by atoms with E-state index in [-0.39, 0.29) is 0 Å². The molecule has 7 heteroatoms. The van der Waals surface area contributed by atoms with Crippen LogP contribution in [0.15, 0.2) is 76.0 Å². The molecule has 2 aromatic heterocycles. The van der Waals surface area contributed by atoms with Crippen molar-refractivity contribution in [3.8, 4) is 5.75 Å². The van der Waals surface area contributed by atoms with Crippen molar-refractivity contribution < 1.29 is 9.26 Å². The fourth-order valence-corrected chi connectivity index (χ4v) is 5.34. The highest BCUT2D eigenvalue weighted by Crippen LogP contribution is 2.41. The number of hydrogen-bond acceptors (Lipinski definition) is 5. The van der Waals surface area contributed by atoms with Gasteiger partial charge >= 0.3 is 5.76 Å². The fourth-order valence-electron chi connectivity index (χ4n) is 5.34. The van der Waals surface area contributed by atoms with Crippen LogP contribution in [0.2, 0.25) is 0 Å². The minimum atomic E-state index is -0.571. The lowest BCUT2D eigenvalue weighted by Crippen LogP contribution is -2.07. The molecule has 0 spiro atoms. The summed E-state index contributed by atoms with van der Waals surface area (Å²) >= 11 is 0. The Labute approximate surface area is 213 Å². The molecule has 0 atom stereocenters. The van der Waals surface area contributed by atoms with Gasteiger partial charge in [0.1, 0.15) is 18.2 Å². The Morgan fingerprint density at radius 2 is 1.89 bits per heavy atom. The van der Waals surface area contributed by atoms with Gasteiger partial charge in [-0.15, -0.1) is 0 Å². The van der Waals surface area contributed by atoms with Gasteiger partial charge in [-0.2, -0.15) is 0 Å². The predicted molar refractivity (Wildman–Crippen MR) is 141 cm³/mol. The van der Waals surface area contributed by atoms with E-state index in [0.29, 0.717) is 12.4 Å². The zero-order valence-electron chi connectivity index (χ0n) is 20.5. The van der Waals surface area contributed by atoms with E-state index in [9.17, 15) is 4.79 Å². The third-order valence-corrected chi connectivity index (χ3v) is 7.39. The molecule has 3 aromatic carbocycles. The van der Waals surface area contributed by atoms with Gasteiger partial charge in [0.25, 0.3) is 0 Å². The summed E-state index contributed by atoms with van der Waals surface area (Å²) in [5.41, 5.74) is 8.32. The number of allylic oxidation sites excluding steroid dienone is 1. The van der Waals surface area contributed by atoms with Gasteiger partial charge < -0.3 is 9.30 Å². The number of aromatic nitrogens is 4. The number of H-pyrrole nitrogens is 1. The molecular formula is C30H26N4O3. The first-order chi connectivity index (χ1) is 18.1. The summed E-state index contributed by atoms with van der Waals surface area (Å²) in [6.45, 7) is 3.15. The van der Waals surface area contributed by atoms with Crippen LogP contribution in [0.5, 0.6) is 5.75 Å². The van der Waals surface area contributed by atoms with Gasteiger partial charge in [-0.05, 0) is 72.2 Å². The minimum absolute atomic E-state index is 0.418. The number of aromatic amines is 1. The molecular weight excluding hydrogens is 464 g/mol. The summed E-state index contributed by atoms with van der Waals surface area (Å²) in [6, 6.07) is 22.9. The van der Waals surface area contributed by atoms with Crippen molar-refractivity contribution >= 4 is 22.2 Å². The van der Waals surface area contributed by atoms with Crippen molar-refractivity contribution in [3.63, 3.8) is 0 Å². The van der Waals surface area contributed by atoms with E-state index in [1.54, 1.807) is 0 Å². The minimum Gasteiger partial charge on any atom is -0.488 e. The quantitative estimate of drug-likeness (QED) is 0.347. The van der Waals surface area contributed by atoms with Crippen LogP contribution in [-0.4, -0.2) is 19.7 Å². The molecule has 1 saturated carbocycles. The maximum atomic E-state index is 11.7. The van der Waals surface area contributed by atoms with Gasteiger partial charge in [0.2, 0.25) is 0 Å². The van der Waals surface area contributed by atoms with Crippen molar-refractivity contribution in [2.75, 3.05) is 0 Å². The molecule has 2 aliphatic rings. The lowest BCUT2D eigenvalue weighted by molar-refractivity contribution is 0.307. The maximum absolute atomic E-state index is 11.7. The van der Waals surface area contributed by atoms with Gasteiger partial charge in [0, 0.05) is 24.1 Å². The van der Waals surface area contributed by atoms with E-state index in [1.165, 1.54) is 23.9 Å². The smallest absolute Gasteiger partial charge is 0.439 e. The molecule has 1 fully saturated rings. The van der Waals surface area contributed by atoms with Crippen LogP contribution in [0.3, 0.4) is 0 Å². The number of hydrogen-bond donors (Lipinski definition) is 1. The number of fused-ring (bicyclic) bond motifs is 3. The van der Waals surface area contributed by atoms with Crippen LogP contribution in [0.1, 0.15) is 53.7 Å². The largest absolute Gasteiger partial charge is 0.488 e. The molecule has 0 bridgehead atoms. The molecule has 0 amide bonds. The van der Waals surface area contributed by atoms with Gasteiger partial charge in [0.15, 0.2) is 5.82 Å². The van der Waals surface area contributed by atoms with Crippen molar-refractivity contribution in [3.05, 3.63) is 111 Å². The first kappa shape index (κ1) is 21.9. The molecule has 184 valence electrons. The monoisotopic (exact) mass is 490 g/mol. The SMILES string of the molecule is C/C(=C1/c2ccc(Cn3c(CC4CC4)nc4ccccc43)cc2COc2ccccc21)c1noc(=O)[nH]1. The van der Waals surface area contributed by atoms with Gasteiger partial charge in [-0.1, -0.05) is 47.6 Å². The van der Waals surface area contributed by atoms with Crippen molar-refractivity contribution in [2.45, 2.75) is 39.3 Å². The second kappa shape index (κ2) is 8.62. The van der Waals surface area contributed by atoms with Crippen LogP contribution < -0.4 is 10.5 Å². The number of para-hydroxylation sites is 3. The highest BCUT2D eigenvalue weighted by atomic mass is 16.5. The normalized spacial score (nSPS) is 16.1. The highest BCUT2D eigenvalue weighted by Gasteiger charge is 2.26. The van der Waals surface area contributed by atoms with Crippen LogP contribution in [0.4, 0.5) is 0 Å².